The molecule has 0 saturated carbocycles. The number of carbonyl (C=O) groups is 1. The van der Waals surface area contributed by atoms with Crippen LogP contribution in [0.1, 0.15) is 34.5 Å². The molecule has 0 fully saturated rings. The highest BCUT2D eigenvalue weighted by molar-refractivity contribution is 7.09. The summed E-state index contributed by atoms with van der Waals surface area (Å²) >= 11 is 1.55. The van der Waals surface area contributed by atoms with Crippen LogP contribution < -0.4 is 4.74 Å². The lowest BCUT2D eigenvalue weighted by Crippen LogP contribution is -2.13. The van der Waals surface area contributed by atoms with E-state index in [9.17, 15) is 4.79 Å². The second-order valence-corrected chi connectivity index (χ2v) is 5.30. The van der Waals surface area contributed by atoms with Gasteiger partial charge in [0.2, 0.25) is 0 Å². The fraction of sp³-hybridized carbons (Fsp3) is 0.462. The van der Waals surface area contributed by atoms with Crippen molar-refractivity contribution in [3.8, 4) is 5.75 Å². The highest BCUT2D eigenvalue weighted by Gasteiger charge is 2.20. The lowest BCUT2D eigenvalue weighted by atomic mass is 10.1. The van der Waals surface area contributed by atoms with E-state index in [-0.39, 0.29) is 12.2 Å². The molecule has 2 heterocycles. The quantitative estimate of drug-likeness (QED) is 0.762. The van der Waals surface area contributed by atoms with E-state index in [2.05, 4.69) is 10.1 Å². The second-order valence-electron chi connectivity index (χ2n) is 4.24. The molecule has 5 nitrogen and oxygen atoms in total. The summed E-state index contributed by atoms with van der Waals surface area (Å²) in [5.41, 5.74) is 1.34. The van der Waals surface area contributed by atoms with E-state index in [0.717, 1.165) is 17.1 Å². The zero-order valence-electron chi connectivity index (χ0n) is 11.3. The van der Waals surface area contributed by atoms with Crippen LogP contribution in [-0.4, -0.2) is 27.7 Å². The first-order chi connectivity index (χ1) is 9.15. The first-order valence-electron chi connectivity index (χ1n) is 6.19. The van der Waals surface area contributed by atoms with Crippen molar-refractivity contribution in [2.45, 2.75) is 33.2 Å². The summed E-state index contributed by atoms with van der Waals surface area (Å²) < 4.78 is 6.92. The number of methoxy groups -OCH3 is 1. The van der Waals surface area contributed by atoms with E-state index in [1.54, 1.807) is 29.3 Å². The van der Waals surface area contributed by atoms with Crippen LogP contribution in [0.4, 0.5) is 0 Å². The van der Waals surface area contributed by atoms with Crippen LogP contribution in [0.3, 0.4) is 0 Å². The Morgan fingerprint density at radius 3 is 2.89 bits per heavy atom. The Bertz CT molecular complexity index is 574. The molecule has 0 bridgehead atoms. The minimum atomic E-state index is -0.00639. The average Bonchev–Trinajstić information content (AvgIpc) is 2.96. The standard InChI is InChI=1S/C13H17N3O2S/c1-4-5-16-13(12(18-3)7-14-16)11(17)6-10-8-19-9(2)15-10/h7-8H,4-6H2,1-3H3. The molecule has 0 unspecified atom stereocenters. The van der Waals surface area contributed by atoms with E-state index in [1.807, 2.05) is 19.2 Å². The molecule has 2 aromatic rings. The maximum atomic E-state index is 12.4. The summed E-state index contributed by atoms with van der Waals surface area (Å²) in [6.45, 7) is 4.69. The van der Waals surface area contributed by atoms with E-state index in [0.29, 0.717) is 18.0 Å². The molecule has 2 aromatic heterocycles. The minimum absolute atomic E-state index is 0.00639. The van der Waals surface area contributed by atoms with Crippen LogP contribution in [0.25, 0.3) is 0 Å². The number of rotatable bonds is 6. The first kappa shape index (κ1) is 13.7. The minimum Gasteiger partial charge on any atom is -0.493 e. The van der Waals surface area contributed by atoms with Gasteiger partial charge in [-0.1, -0.05) is 6.92 Å². The largest absolute Gasteiger partial charge is 0.493 e. The molecule has 0 spiro atoms. The van der Waals surface area contributed by atoms with Crippen molar-refractivity contribution >= 4 is 17.1 Å². The molecule has 0 atom stereocenters. The first-order valence-corrected chi connectivity index (χ1v) is 7.07. The molecule has 0 aliphatic rings. The third kappa shape index (κ3) is 3.01. The summed E-state index contributed by atoms with van der Waals surface area (Å²) in [6, 6.07) is 0. The predicted octanol–water partition coefficient (Wildman–Crippen LogP) is 2.49. The monoisotopic (exact) mass is 279 g/mol. The summed E-state index contributed by atoms with van der Waals surface area (Å²) in [4.78, 5) is 16.7. The number of nitrogens with zero attached hydrogens (tertiary/aromatic N) is 3. The molecule has 102 valence electrons. The molecule has 0 amide bonds. The van der Waals surface area contributed by atoms with Gasteiger partial charge in [-0.05, 0) is 13.3 Å². The van der Waals surface area contributed by atoms with Crippen molar-refractivity contribution in [1.82, 2.24) is 14.8 Å². The molecular weight excluding hydrogens is 262 g/mol. The molecule has 0 radical (unpaired) electrons. The van der Waals surface area contributed by atoms with Crippen molar-refractivity contribution in [3.05, 3.63) is 28.0 Å². The van der Waals surface area contributed by atoms with Gasteiger partial charge in [-0.25, -0.2) is 4.98 Å². The van der Waals surface area contributed by atoms with E-state index >= 15 is 0 Å². The van der Waals surface area contributed by atoms with Gasteiger partial charge >= 0.3 is 0 Å². The van der Waals surface area contributed by atoms with Crippen molar-refractivity contribution in [1.29, 1.82) is 0 Å². The maximum absolute atomic E-state index is 12.4. The van der Waals surface area contributed by atoms with E-state index in [4.69, 9.17) is 4.74 Å². The van der Waals surface area contributed by atoms with E-state index < -0.39 is 0 Å². The van der Waals surface area contributed by atoms with Crippen molar-refractivity contribution in [2.24, 2.45) is 0 Å². The third-order valence-electron chi connectivity index (χ3n) is 2.73. The number of ketones is 1. The maximum Gasteiger partial charge on any atom is 0.190 e. The van der Waals surface area contributed by atoms with Crippen LogP contribution in [0.15, 0.2) is 11.6 Å². The van der Waals surface area contributed by atoms with Gasteiger partial charge in [0.15, 0.2) is 11.5 Å². The van der Waals surface area contributed by atoms with Crippen LogP contribution in [0, 0.1) is 6.92 Å². The van der Waals surface area contributed by atoms with Crippen molar-refractivity contribution in [2.75, 3.05) is 7.11 Å². The SMILES string of the molecule is CCCn1ncc(OC)c1C(=O)Cc1csc(C)n1. The van der Waals surface area contributed by atoms with Crippen LogP contribution >= 0.6 is 11.3 Å². The zero-order chi connectivity index (χ0) is 13.8. The lowest BCUT2D eigenvalue weighted by molar-refractivity contribution is 0.0978. The van der Waals surface area contributed by atoms with Crippen LogP contribution in [0.5, 0.6) is 5.75 Å². The molecule has 19 heavy (non-hydrogen) atoms. The topological polar surface area (TPSA) is 57.0 Å². The number of aromatic nitrogens is 3. The highest BCUT2D eigenvalue weighted by Crippen LogP contribution is 2.20. The molecule has 2 rings (SSSR count). The molecule has 0 N–H and O–H groups in total. The molecule has 0 aromatic carbocycles. The normalized spacial score (nSPS) is 10.7. The van der Waals surface area contributed by atoms with Crippen molar-refractivity contribution < 1.29 is 9.53 Å². The Kier molecular flexibility index (Phi) is 4.31. The summed E-state index contributed by atoms with van der Waals surface area (Å²) in [7, 11) is 1.55. The van der Waals surface area contributed by atoms with Gasteiger partial charge in [-0.2, -0.15) is 5.10 Å². The summed E-state index contributed by atoms with van der Waals surface area (Å²) in [6.07, 6.45) is 2.80. The number of aryl methyl sites for hydroxylation is 2. The van der Waals surface area contributed by atoms with Crippen LogP contribution in [0.2, 0.25) is 0 Å². The smallest absolute Gasteiger partial charge is 0.190 e. The number of hydrogen-bond donors (Lipinski definition) is 0. The van der Waals surface area contributed by atoms with Gasteiger partial charge in [0.05, 0.1) is 30.4 Å². The Balaban J connectivity index is 2.24. The van der Waals surface area contributed by atoms with Gasteiger partial charge in [0, 0.05) is 11.9 Å². The number of Topliss-reactive ketones (excluding diaryl/α,β-unsaturated/α-hetero) is 1. The average molecular weight is 279 g/mol. The zero-order valence-corrected chi connectivity index (χ0v) is 12.2. The molecule has 0 aliphatic carbocycles. The number of carbonyl (C=O) groups excluding carboxylic acids is 1. The van der Waals surface area contributed by atoms with Gasteiger partial charge in [0.25, 0.3) is 0 Å². The fourth-order valence-corrected chi connectivity index (χ4v) is 2.53. The van der Waals surface area contributed by atoms with Crippen LogP contribution in [-0.2, 0) is 13.0 Å². The second kappa shape index (κ2) is 5.97. The highest BCUT2D eigenvalue weighted by atomic mass is 32.1. The number of thiazole rings is 1. The Hall–Kier alpha value is -1.69. The Labute approximate surface area is 116 Å². The van der Waals surface area contributed by atoms with Gasteiger partial charge in [-0.15, -0.1) is 11.3 Å². The number of hydrogen-bond acceptors (Lipinski definition) is 5. The van der Waals surface area contributed by atoms with Gasteiger partial charge < -0.3 is 4.74 Å². The summed E-state index contributed by atoms with van der Waals surface area (Å²) in [5.74, 6) is 0.526. The molecule has 6 heteroatoms. The summed E-state index contributed by atoms with van der Waals surface area (Å²) in [5, 5.41) is 7.08. The van der Waals surface area contributed by atoms with Crippen molar-refractivity contribution in [3.63, 3.8) is 0 Å². The molecular formula is C13H17N3O2S. The van der Waals surface area contributed by atoms with Gasteiger partial charge in [0.1, 0.15) is 5.69 Å². The Morgan fingerprint density at radius 2 is 2.32 bits per heavy atom. The predicted molar refractivity (Wildman–Crippen MR) is 74.0 cm³/mol. The third-order valence-corrected chi connectivity index (χ3v) is 3.56. The van der Waals surface area contributed by atoms with Gasteiger partial charge in [-0.3, -0.25) is 9.48 Å². The lowest BCUT2D eigenvalue weighted by Gasteiger charge is -2.06. The molecule has 0 aliphatic heterocycles. The van der Waals surface area contributed by atoms with E-state index in [1.165, 1.54) is 0 Å². The number of ether oxygens (including phenoxy) is 1. The molecule has 0 saturated heterocycles. The Morgan fingerprint density at radius 1 is 1.53 bits per heavy atom. The fourth-order valence-electron chi connectivity index (χ4n) is 1.92.